The molecule has 102 valence electrons. The minimum Gasteiger partial charge on any atom is -0.357 e. The normalized spacial score (nSPS) is 19.8. The molecule has 3 heterocycles. The summed E-state index contributed by atoms with van der Waals surface area (Å²) in [7, 11) is 0. The molecule has 0 atom stereocenters. The molecule has 1 amide bonds. The Kier molecular flexibility index (Phi) is 3.67. The van der Waals surface area contributed by atoms with Gasteiger partial charge in [0, 0.05) is 26.2 Å². The van der Waals surface area contributed by atoms with Crippen molar-refractivity contribution in [2.45, 2.75) is 32.1 Å². The highest BCUT2D eigenvalue weighted by Gasteiger charge is 2.21. The van der Waals surface area contributed by atoms with Crippen LogP contribution in [0.2, 0.25) is 0 Å². The molecule has 0 N–H and O–H groups in total. The molecule has 1 aromatic rings. The van der Waals surface area contributed by atoms with Crippen LogP contribution in [0.25, 0.3) is 0 Å². The van der Waals surface area contributed by atoms with Crippen LogP contribution in [0.1, 0.15) is 42.6 Å². The van der Waals surface area contributed by atoms with E-state index in [0.717, 1.165) is 44.8 Å². The molecule has 3 rings (SSSR count). The highest BCUT2D eigenvalue weighted by atomic mass is 16.2. The number of aromatic nitrogens is 1. The van der Waals surface area contributed by atoms with Crippen molar-refractivity contribution in [3.63, 3.8) is 0 Å². The summed E-state index contributed by atoms with van der Waals surface area (Å²) in [6, 6.07) is 5.82. The number of piperidine rings is 1. The van der Waals surface area contributed by atoms with E-state index in [-0.39, 0.29) is 5.91 Å². The number of anilines is 1. The van der Waals surface area contributed by atoms with E-state index in [1.165, 1.54) is 19.3 Å². The van der Waals surface area contributed by atoms with Gasteiger partial charge in [-0.15, -0.1) is 0 Å². The third-order valence-corrected chi connectivity index (χ3v) is 4.03. The highest BCUT2D eigenvalue weighted by Crippen LogP contribution is 2.19. The van der Waals surface area contributed by atoms with Crippen molar-refractivity contribution in [1.82, 2.24) is 9.88 Å². The van der Waals surface area contributed by atoms with Gasteiger partial charge in [-0.1, -0.05) is 6.07 Å². The Morgan fingerprint density at radius 2 is 1.63 bits per heavy atom. The molecule has 0 aromatic carbocycles. The van der Waals surface area contributed by atoms with Gasteiger partial charge in [0.25, 0.3) is 5.91 Å². The van der Waals surface area contributed by atoms with Gasteiger partial charge in [-0.3, -0.25) is 4.79 Å². The largest absolute Gasteiger partial charge is 0.357 e. The smallest absolute Gasteiger partial charge is 0.272 e. The monoisotopic (exact) mass is 259 g/mol. The second-order valence-electron chi connectivity index (χ2n) is 5.43. The van der Waals surface area contributed by atoms with Crippen LogP contribution >= 0.6 is 0 Å². The van der Waals surface area contributed by atoms with Crippen LogP contribution in [-0.4, -0.2) is 42.0 Å². The van der Waals surface area contributed by atoms with Crippen LogP contribution in [-0.2, 0) is 0 Å². The zero-order chi connectivity index (χ0) is 13.1. The van der Waals surface area contributed by atoms with E-state index in [1.54, 1.807) is 0 Å². The Balaban J connectivity index is 1.76. The van der Waals surface area contributed by atoms with Crippen molar-refractivity contribution < 1.29 is 4.79 Å². The summed E-state index contributed by atoms with van der Waals surface area (Å²) in [5, 5.41) is 0. The first kappa shape index (κ1) is 12.5. The van der Waals surface area contributed by atoms with E-state index < -0.39 is 0 Å². The van der Waals surface area contributed by atoms with Gasteiger partial charge in [-0.25, -0.2) is 4.98 Å². The number of rotatable bonds is 2. The molecular weight excluding hydrogens is 238 g/mol. The zero-order valence-corrected chi connectivity index (χ0v) is 11.3. The average molecular weight is 259 g/mol. The van der Waals surface area contributed by atoms with Crippen LogP contribution in [0.15, 0.2) is 18.2 Å². The number of carbonyl (C=O) groups excluding carboxylic acids is 1. The Labute approximate surface area is 114 Å². The van der Waals surface area contributed by atoms with Gasteiger partial charge >= 0.3 is 0 Å². The van der Waals surface area contributed by atoms with Gasteiger partial charge in [-0.05, 0) is 44.2 Å². The lowest BCUT2D eigenvalue weighted by Gasteiger charge is -2.28. The predicted molar refractivity (Wildman–Crippen MR) is 75.4 cm³/mol. The summed E-state index contributed by atoms with van der Waals surface area (Å²) < 4.78 is 0. The lowest BCUT2D eigenvalue weighted by Crippen LogP contribution is -2.32. The average Bonchev–Trinajstić information content (AvgIpc) is 3.02. The van der Waals surface area contributed by atoms with E-state index in [2.05, 4.69) is 9.88 Å². The van der Waals surface area contributed by atoms with E-state index >= 15 is 0 Å². The maximum Gasteiger partial charge on any atom is 0.272 e. The van der Waals surface area contributed by atoms with Gasteiger partial charge < -0.3 is 9.80 Å². The molecule has 0 bridgehead atoms. The molecular formula is C15H21N3O. The first-order valence-corrected chi connectivity index (χ1v) is 7.36. The van der Waals surface area contributed by atoms with Crippen molar-refractivity contribution in [3.8, 4) is 0 Å². The lowest BCUT2D eigenvalue weighted by molar-refractivity contribution is 0.0787. The lowest BCUT2D eigenvalue weighted by atomic mass is 10.1. The second kappa shape index (κ2) is 5.59. The third-order valence-electron chi connectivity index (χ3n) is 4.03. The maximum atomic E-state index is 12.3. The fourth-order valence-corrected chi connectivity index (χ4v) is 2.92. The van der Waals surface area contributed by atoms with Gasteiger partial charge in [0.2, 0.25) is 0 Å². The van der Waals surface area contributed by atoms with Crippen LogP contribution in [0, 0.1) is 0 Å². The van der Waals surface area contributed by atoms with Gasteiger partial charge in [-0.2, -0.15) is 0 Å². The first-order chi connectivity index (χ1) is 9.34. The number of carbonyl (C=O) groups is 1. The van der Waals surface area contributed by atoms with Gasteiger partial charge in [0.15, 0.2) is 0 Å². The molecule has 19 heavy (non-hydrogen) atoms. The first-order valence-electron chi connectivity index (χ1n) is 7.36. The molecule has 1 aromatic heterocycles. The SMILES string of the molecule is O=C(c1cccc(N2CCCCC2)n1)N1CCCC1. The molecule has 2 aliphatic heterocycles. The van der Waals surface area contributed by atoms with Crippen LogP contribution in [0.3, 0.4) is 0 Å². The summed E-state index contributed by atoms with van der Waals surface area (Å²) >= 11 is 0. The van der Waals surface area contributed by atoms with Gasteiger partial charge in [0.05, 0.1) is 0 Å². The number of nitrogens with zero attached hydrogens (tertiary/aromatic N) is 3. The molecule has 4 heteroatoms. The molecule has 0 aliphatic carbocycles. The molecule has 0 unspecified atom stereocenters. The summed E-state index contributed by atoms with van der Waals surface area (Å²) in [5.74, 6) is 1.06. The van der Waals surface area contributed by atoms with Crippen molar-refractivity contribution in [2.75, 3.05) is 31.1 Å². The number of amides is 1. The van der Waals surface area contributed by atoms with E-state index in [9.17, 15) is 4.79 Å². The van der Waals surface area contributed by atoms with Crippen molar-refractivity contribution >= 4 is 11.7 Å². The molecule has 0 saturated carbocycles. The topological polar surface area (TPSA) is 36.4 Å². The Bertz CT molecular complexity index is 448. The van der Waals surface area contributed by atoms with Crippen LogP contribution in [0.5, 0.6) is 0 Å². The van der Waals surface area contributed by atoms with E-state index in [1.807, 2.05) is 23.1 Å². The molecule has 4 nitrogen and oxygen atoms in total. The molecule has 2 saturated heterocycles. The summed E-state index contributed by atoms with van der Waals surface area (Å²) in [4.78, 5) is 21.1. The fraction of sp³-hybridized carbons (Fsp3) is 0.600. The summed E-state index contributed by atoms with van der Waals surface area (Å²) in [5.41, 5.74) is 0.602. The summed E-state index contributed by atoms with van der Waals surface area (Å²) in [6.45, 7) is 3.89. The number of likely N-dealkylation sites (tertiary alicyclic amines) is 1. The van der Waals surface area contributed by atoms with Crippen LogP contribution < -0.4 is 4.90 Å². The van der Waals surface area contributed by atoms with Crippen molar-refractivity contribution in [3.05, 3.63) is 23.9 Å². The van der Waals surface area contributed by atoms with Crippen molar-refractivity contribution in [1.29, 1.82) is 0 Å². The molecule has 0 radical (unpaired) electrons. The number of hydrogen-bond donors (Lipinski definition) is 0. The third kappa shape index (κ3) is 2.72. The minimum atomic E-state index is 0.0939. The standard InChI is InChI=1S/C15H21N3O/c19-15(18-11-4-5-12-18)13-7-6-8-14(16-13)17-9-2-1-3-10-17/h6-8H,1-5,9-12H2. The summed E-state index contributed by atoms with van der Waals surface area (Å²) in [6.07, 6.45) is 6.01. The molecule has 2 fully saturated rings. The minimum absolute atomic E-state index is 0.0939. The fourth-order valence-electron chi connectivity index (χ4n) is 2.92. The van der Waals surface area contributed by atoms with Crippen LogP contribution in [0.4, 0.5) is 5.82 Å². The number of pyridine rings is 1. The highest BCUT2D eigenvalue weighted by molar-refractivity contribution is 5.92. The quantitative estimate of drug-likeness (QED) is 0.817. The van der Waals surface area contributed by atoms with Crippen molar-refractivity contribution in [2.24, 2.45) is 0 Å². The second-order valence-corrected chi connectivity index (χ2v) is 5.43. The molecule has 2 aliphatic rings. The zero-order valence-electron chi connectivity index (χ0n) is 11.3. The maximum absolute atomic E-state index is 12.3. The molecule has 0 spiro atoms. The van der Waals surface area contributed by atoms with E-state index in [0.29, 0.717) is 5.69 Å². The Morgan fingerprint density at radius 3 is 2.37 bits per heavy atom. The predicted octanol–water partition coefficient (Wildman–Crippen LogP) is 2.31. The number of hydrogen-bond acceptors (Lipinski definition) is 3. The Hall–Kier alpha value is -1.58. The van der Waals surface area contributed by atoms with Gasteiger partial charge in [0.1, 0.15) is 11.5 Å². The Morgan fingerprint density at radius 1 is 0.947 bits per heavy atom. The van der Waals surface area contributed by atoms with E-state index in [4.69, 9.17) is 0 Å².